The Morgan fingerprint density at radius 2 is 0.682 bits per heavy atom. The number of aliphatic hydroxyl groups is 2. The molecular weight excluding hydrogens is 807 g/mol. The first-order valence-electron chi connectivity index (χ1n) is 28.8. The Kier molecular flexibility index (Phi) is 54.8. The highest BCUT2D eigenvalue weighted by molar-refractivity contribution is 5.76. The molecule has 3 N–H and O–H groups in total. The largest absolute Gasteiger partial charge is 0.394 e. The molecule has 0 aliphatic carbocycles. The predicted molar refractivity (Wildman–Crippen MR) is 294 cm³/mol. The van der Waals surface area contributed by atoms with Crippen molar-refractivity contribution in [3.63, 3.8) is 0 Å². The summed E-state index contributed by atoms with van der Waals surface area (Å²) in [7, 11) is 0. The van der Waals surface area contributed by atoms with E-state index in [9.17, 15) is 15.0 Å². The summed E-state index contributed by atoms with van der Waals surface area (Å²) in [5, 5.41) is 23.2. The molecule has 66 heavy (non-hydrogen) atoms. The predicted octanol–water partition coefficient (Wildman–Crippen LogP) is 19.1. The second-order valence-corrected chi connectivity index (χ2v) is 19.3. The third-order valence-corrected chi connectivity index (χ3v) is 12.8. The van der Waals surface area contributed by atoms with Crippen molar-refractivity contribution in [2.75, 3.05) is 6.61 Å². The molecule has 0 saturated heterocycles. The van der Waals surface area contributed by atoms with E-state index < -0.39 is 12.1 Å². The minimum atomic E-state index is -0.877. The summed E-state index contributed by atoms with van der Waals surface area (Å²) in [6.45, 7) is 4.20. The monoisotopic (exact) mass is 918 g/mol. The van der Waals surface area contributed by atoms with Crippen LogP contribution in [0.5, 0.6) is 0 Å². The maximum Gasteiger partial charge on any atom is 0.220 e. The number of hydrogen-bond donors (Lipinski definition) is 3. The average molecular weight is 919 g/mol. The fourth-order valence-electron chi connectivity index (χ4n) is 8.50. The molecule has 0 rings (SSSR count). The van der Waals surface area contributed by atoms with E-state index in [0.717, 1.165) is 64.2 Å². The van der Waals surface area contributed by atoms with E-state index >= 15 is 0 Å². The van der Waals surface area contributed by atoms with Crippen LogP contribution in [0, 0.1) is 0 Å². The van der Waals surface area contributed by atoms with Gasteiger partial charge in [0.1, 0.15) is 0 Å². The zero-order chi connectivity index (χ0) is 47.7. The lowest BCUT2D eigenvalue weighted by molar-refractivity contribution is -0.123. The van der Waals surface area contributed by atoms with Gasteiger partial charge < -0.3 is 15.5 Å². The van der Waals surface area contributed by atoms with Crippen LogP contribution in [0.4, 0.5) is 0 Å². The van der Waals surface area contributed by atoms with Gasteiger partial charge >= 0.3 is 0 Å². The molecule has 0 aliphatic rings. The number of carbonyl (C=O) groups is 1. The van der Waals surface area contributed by atoms with Gasteiger partial charge in [-0.2, -0.15) is 0 Å². The zero-order valence-electron chi connectivity index (χ0n) is 43.9. The van der Waals surface area contributed by atoms with Gasteiger partial charge in [0, 0.05) is 6.42 Å². The average Bonchev–Trinajstić information content (AvgIpc) is 3.32. The third kappa shape index (κ3) is 52.5. The molecule has 0 bridgehead atoms. The number of amides is 1. The fourth-order valence-corrected chi connectivity index (χ4v) is 8.50. The summed E-state index contributed by atoms with van der Waals surface area (Å²) in [5.41, 5.74) is 0. The van der Waals surface area contributed by atoms with Crippen LogP contribution >= 0.6 is 0 Å². The topological polar surface area (TPSA) is 69.6 Å². The molecule has 0 fully saturated rings. The minimum Gasteiger partial charge on any atom is -0.394 e. The standard InChI is InChI=1S/C62H111NO3/c1-3-5-7-9-11-13-15-17-19-21-23-25-27-29-30-31-32-34-35-37-39-41-43-45-47-49-51-53-55-57-61(65)60(59-64)63-62(66)58-56-54-52-50-48-46-44-42-40-38-36-33-28-26-24-22-20-18-16-14-12-10-8-6-4-2/h6,8,12,14,18,20,24,26,39,41,47,49,55,57,60-61,64-65H,3-5,7,9-11,13,15-17,19,21-23,25,27-38,40,42-46,48,50-54,56,58-59H2,1-2H3,(H,63,66)/b8-6-,14-12-,20-18-,26-24-,41-39+,49-47+,57-55+. The molecule has 2 unspecified atom stereocenters. The van der Waals surface area contributed by atoms with Crippen LogP contribution in [0.1, 0.15) is 284 Å². The van der Waals surface area contributed by atoms with E-state index in [1.807, 2.05) is 6.08 Å². The molecule has 0 saturated carbocycles. The van der Waals surface area contributed by atoms with Gasteiger partial charge in [-0.3, -0.25) is 4.79 Å². The zero-order valence-corrected chi connectivity index (χ0v) is 43.9. The summed E-state index contributed by atoms with van der Waals surface area (Å²) >= 11 is 0. The molecule has 4 heteroatoms. The van der Waals surface area contributed by atoms with Crippen LogP contribution in [0.3, 0.4) is 0 Å². The Morgan fingerprint density at radius 3 is 1.06 bits per heavy atom. The molecular formula is C62H111NO3. The van der Waals surface area contributed by atoms with Crippen molar-refractivity contribution >= 4 is 5.91 Å². The van der Waals surface area contributed by atoms with Gasteiger partial charge in [-0.15, -0.1) is 0 Å². The maximum absolute atomic E-state index is 12.5. The van der Waals surface area contributed by atoms with E-state index in [2.05, 4.69) is 92.1 Å². The molecule has 0 aliphatic heterocycles. The highest BCUT2D eigenvalue weighted by Gasteiger charge is 2.18. The lowest BCUT2D eigenvalue weighted by Crippen LogP contribution is -2.45. The number of hydrogen-bond acceptors (Lipinski definition) is 3. The van der Waals surface area contributed by atoms with Crippen molar-refractivity contribution in [3.8, 4) is 0 Å². The van der Waals surface area contributed by atoms with Gasteiger partial charge in [-0.05, 0) is 83.5 Å². The van der Waals surface area contributed by atoms with E-state index in [1.165, 1.54) is 199 Å². The number of carbonyl (C=O) groups excluding carboxylic acids is 1. The van der Waals surface area contributed by atoms with Crippen LogP contribution in [-0.2, 0) is 4.79 Å². The Morgan fingerprint density at radius 1 is 0.379 bits per heavy atom. The van der Waals surface area contributed by atoms with Crippen LogP contribution in [-0.4, -0.2) is 34.9 Å². The summed E-state index contributed by atoms with van der Waals surface area (Å²) in [5.74, 6) is -0.0810. The van der Waals surface area contributed by atoms with Gasteiger partial charge in [-0.25, -0.2) is 0 Å². The van der Waals surface area contributed by atoms with Crippen LogP contribution in [0.15, 0.2) is 85.1 Å². The Balaban J connectivity index is 3.57. The van der Waals surface area contributed by atoms with Crippen molar-refractivity contribution in [1.29, 1.82) is 0 Å². The summed E-state index contributed by atoms with van der Waals surface area (Å²) < 4.78 is 0. The van der Waals surface area contributed by atoms with Gasteiger partial charge in [0.2, 0.25) is 5.91 Å². The maximum atomic E-state index is 12.5. The first-order valence-corrected chi connectivity index (χ1v) is 28.8. The molecule has 0 radical (unpaired) electrons. The Bertz CT molecular complexity index is 1180. The van der Waals surface area contributed by atoms with E-state index in [4.69, 9.17) is 0 Å². The Labute approximate surface area is 411 Å². The van der Waals surface area contributed by atoms with Crippen molar-refractivity contribution in [3.05, 3.63) is 85.1 Å². The highest BCUT2D eigenvalue weighted by Crippen LogP contribution is 2.16. The van der Waals surface area contributed by atoms with Gasteiger partial charge in [-0.1, -0.05) is 279 Å². The fraction of sp³-hybridized carbons (Fsp3) is 0.758. The molecule has 382 valence electrons. The number of nitrogens with one attached hydrogen (secondary N) is 1. The Hall–Kier alpha value is -2.43. The number of allylic oxidation sites excluding steroid dienone is 13. The highest BCUT2D eigenvalue weighted by atomic mass is 16.3. The first-order chi connectivity index (χ1) is 32.7. The molecule has 0 aromatic rings. The second kappa shape index (κ2) is 56.9. The van der Waals surface area contributed by atoms with Crippen LogP contribution < -0.4 is 5.32 Å². The summed E-state index contributed by atoms with van der Waals surface area (Å²) in [6, 6.07) is -0.652. The molecule has 0 spiro atoms. The molecule has 0 aromatic carbocycles. The second-order valence-electron chi connectivity index (χ2n) is 19.3. The lowest BCUT2D eigenvalue weighted by Gasteiger charge is -2.19. The SMILES string of the molecule is CC/C=C\C/C=C\C/C=C\C/C=C\CCCCCCCCCCCCCCC(=O)NC(CO)C(O)/C=C/CC/C=C/CC/C=C/CCCCCCCCCCCCCCCCCCCCC. The van der Waals surface area contributed by atoms with Gasteiger partial charge in [0.15, 0.2) is 0 Å². The van der Waals surface area contributed by atoms with E-state index in [-0.39, 0.29) is 12.5 Å². The minimum absolute atomic E-state index is 0.0810. The molecule has 2 atom stereocenters. The van der Waals surface area contributed by atoms with Crippen LogP contribution in [0.2, 0.25) is 0 Å². The number of aliphatic hydroxyl groups excluding tert-OH is 2. The van der Waals surface area contributed by atoms with Crippen LogP contribution in [0.25, 0.3) is 0 Å². The first kappa shape index (κ1) is 63.6. The molecule has 1 amide bonds. The van der Waals surface area contributed by atoms with Crippen molar-refractivity contribution in [1.82, 2.24) is 5.32 Å². The van der Waals surface area contributed by atoms with Crippen molar-refractivity contribution < 1.29 is 15.0 Å². The van der Waals surface area contributed by atoms with E-state index in [0.29, 0.717) is 6.42 Å². The van der Waals surface area contributed by atoms with E-state index in [1.54, 1.807) is 6.08 Å². The number of unbranched alkanes of at least 4 members (excludes halogenated alkanes) is 33. The summed E-state index contributed by atoms with van der Waals surface area (Å²) in [4.78, 5) is 12.5. The normalized spacial score (nSPS) is 13.5. The molecule has 0 aromatic heterocycles. The number of rotatable bonds is 52. The third-order valence-electron chi connectivity index (χ3n) is 12.8. The lowest BCUT2D eigenvalue weighted by atomic mass is 10.0. The van der Waals surface area contributed by atoms with Crippen molar-refractivity contribution in [2.45, 2.75) is 296 Å². The van der Waals surface area contributed by atoms with Crippen molar-refractivity contribution in [2.24, 2.45) is 0 Å². The summed E-state index contributed by atoms with van der Waals surface area (Å²) in [6.07, 6.45) is 83.2. The van der Waals surface area contributed by atoms with Gasteiger partial charge in [0.05, 0.1) is 18.8 Å². The molecule has 4 nitrogen and oxygen atoms in total. The van der Waals surface area contributed by atoms with Gasteiger partial charge in [0.25, 0.3) is 0 Å². The molecule has 0 heterocycles. The quantitative estimate of drug-likeness (QED) is 0.0421. The smallest absolute Gasteiger partial charge is 0.220 e.